The Morgan fingerprint density at radius 3 is 2.95 bits per heavy atom. The number of rotatable bonds is 5. The summed E-state index contributed by atoms with van der Waals surface area (Å²) in [6.07, 6.45) is 2.18. The summed E-state index contributed by atoms with van der Waals surface area (Å²) in [5, 5.41) is 2.61. The van der Waals surface area contributed by atoms with Crippen molar-refractivity contribution in [1.29, 1.82) is 0 Å². The summed E-state index contributed by atoms with van der Waals surface area (Å²) in [5.41, 5.74) is 2.75. The molecule has 1 aromatic heterocycles. The van der Waals surface area contributed by atoms with Gasteiger partial charge in [-0.3, -0.25) is 0 Å². The predicted molar refractivity (Wildman–Crippen MR) is 77.5 cm³/mol. The van der Waals surface area contributed by atoms with E-state index < -0.39 is 0 Å². The monoisotopic (exact) mass is 275 g/mol. The van der Waals surface area contributed by atoms with E-state index in [9.17, 15) is 4.79 Å². The lowest BCUT2D eigenvalue weighted by Crippen LogP contribution is -2.04. The molecule has 1 heterocycles. The van der Waals surface area contributed by atoms with E-state index in [1.807, 2.05) is 12.1 Å². The molecule has 2 rings (SSSR count). The number of thiazole rings is 1. The molecule has 0 radical (unpaired) electrons. The summed E-state index contributed by atoms with van der Waals surface area (Å²) in [6.45, 7) is 4.33. The number of carbonyl (C=O) groups is 1. The zero-order chi connectivity index (χ0) is 13.7. The smallest absolute Gasteiger partial charge is 0.357 e. The molecule has 4 heteroatoms. The van der Waals surface area contributed by atoms with Crippen LogP contribution in [0.4, 0.5) is 0 Å². The Hall–Kier alpha value is -1.68. The van der Waals surface area contributed by atoms with Crippen LogP contribution in [0, 0.1) is 0 Å². The van der Waals surface area contributed by atoms with Crippen LogP contribution in [-0.4, -0.2) is 17.6 Å². The molecule has 0 atom stereocenters. The van der Waals surface area contributed by atoms with Crippen molar-refractivity contribution in [3.05, 3.63) is 40.9 Å². The number of ether oxygens (including phenoxy) is 1. The minimum atomic E-state index is -0.352. The molecule has 0 aliphatic rings. The summed E-state index contributed by atoms with van der Waals surface area (Å²) in [7, 11) is 0. The summed E-state index contributed by atoms with van der Waals surface area (Å²) >= 11 is 1.47. The number of esters is 1. The van der Waals surface area contributed by atoms with Crippen LogP contribution in [0.1, 0.15) is 36.3 Å². The lowest BCUT2D eigenvalue weighted by Gasteiger charge is -2.01. The Morgan fingerprint density at radius 1 is 1.37 bits per heavy atom. The van der Waals surface area contributed by atoms with Gasteiger partial charge in [0.05, 0.1) is 6.61 Å². The van der Waals surface area contributed by atoms with Gasteiger partial charge in [-0.25, -0.2) is 9.78 Å². The summed E-state index contributed by atoms with van der Waals surface area (Å²) in [5.74, 6) is -0.352. The summed E-state index contributed by atoms with van der Waals surface area (Å²) < 4.78 is 4.94. The number of aromatic nitrogens is 1. The second-order valence-electron chi connectivity index (χ2n) is 4.21. The molecule has 0 spiro atoms. The molecule has 0 aliphatic carbocycles. The topological polar surface area (TPSA) is 39.2 Å². The molecule has 1 aromatic carbocycles. The normalized spacial score (nSPS) is 10.4. The molecule has 3 nitrogen and oxygen atoms in total. The minimum absolute atomic E-state index is 0.352. The van der Waals surface area contributed by atoms with Crippen molar-refractivity contribution in [1.82, 2.24) is 4.98 Å². The highest BCUT2D eigenvalue weighted by Gasteiger charge is 2.12. The van der Waals surface area contributed by atoms with E-state index in [0.29, 0.717) is 12.3 Å². The second-order valence-corrected chi connectivity index (χ2v) is 5.07. The van der Waals surface area contributed by atoms with E-state index in [-0.39, 0.29) is 5.97 Å². The lowest BCUT2D eigenvalue weighted by molar-refractivity contribution is 0.0520. The van der Waals surface area contributed by atoms with Crippen molar-refractivity contribution in [3.8, 4) is 10.6 Å². The van der Waals surface area contributed by atoms with Gasteiger partial charge in [-0.15, -0.1) is 11.3 Å². The zero-order valence-corrected chi connectivity index (χ0v) is 12.0. The average molecular weight is 275 g/mol. The van der Waals surface area contributed by atoms with E-state index >= 15 is 0 Å². The molecule has 0 N–H and O–H groups in total. The molecule has 2 aromatic rings. The number of nitrogens with zero attached hydrogens (tertiary/aromatic N) is 1. The van der Waals surface area contributed by atoms with E-state index in [0.717, 1.165) is 23.4 Å². The van der Waals surface area contributed by atoms with Gasteiger partial charge in [0.15, 0.2) is 5.69 Å². The van der Waals surface area contributed by atoms with Crippen molar-refractivity contribution in [2.45, 2.75) is 26.7 Å². The molecule has 0 aliphatic heterocycles. The van der Waals surface area contributed by atoms with Crippen molar-refractivity contribution in [2.75, 3.05) is 6.61 Å². The quantitative estimate of drug-likeness (QED) is 0.776. The molecule has 0 fully saturated rings. The van der Waals surface area contributed by atoms with Crippen molar-refractivity contribution in [2.24, 2.45) is 0 Å². The van der Waals surface area contributed by atoms with Crippen LogP contribution in [0.15, 0.2) is 29.6 Å². The van der Waals surface area contributed by atoms with Crippen LogP contribution in [0.3, 0.4) is 0 Å². The first-order valence-corrected chi connectivity index (χ1v) is 7.34. The van der Waals surface area contributed by atoms with Crippen LogP contribution < -0.4 is 0 Å². The highest BCUT2D eigenvalue weighted by Crippen LogP contribution is 2.25. The van der Waals surface area contributed by atoms with Crippen LogP contribution in [0.2, 0.25) is 0 Å². The van der Waals surface area contributed by atoms with Crippen molar-refractivity contribution in [3.63, 3.8) is 0 Å². The first kappa shape index (κ1) is 13.7. The number of hydrogen-bond donors (Lipinski definition) is 0. The molecule has 0 unspecified atom stereocenters. The van der Waals surface area contributed by atoms with Crippen LogP contribution in [0.5, 0.6) is 0 Å². The maximum Gasteiger partial charge on any atom is 0.357 e. The van der Waals surface area contributed by atoms with E-state index in [1.165, 1.54) is 16.9 Å². The second kappa shape index (κ2) is 6.48. The highest BCUT2D eigenvalue weighted by atomic mass is 32.1. The van der Waals surface area contributed by atoms with Gasteiger partial charge in [0.25, 0.3) is 0 Å². The summed E-state index contributed by atoms with van der Waals surface area (Å²) in [4.78, 5) is 15.9. The molecule has 0 saturated heterocycles. The third kappa shape index (κ3) is 3.41. The Labute approximate surface area is 117 Å². The SMILES string of the molecule is CCCc1cccc(-c2nc(C(=O)OCC)cs2)c1. The van der Waals surface area contributed by atoms with E-state index in [2.05, 4.69) is 24.0 Å². The Bertz CT molecular complexity index is 563. The lowest BCUT2D eigenvalue weighted by atomic mass is 10.1. The van der Waals surface area contributed by atoms with Gasteiger partial charge in [-0.2, -0.15) is 0 Å². The fraction of sp³-hybridized carbons (Fsp3) is 0.333. The first-order chi connectivity index (χ1) is 9.24. The third-order valence-electron chi connectivity index (χ3n) is 2.70. The number of carbonyl (C=O) groups excluding carboxylic acids is 1. The van der Waals surface area contributed by atoms with Gasteiger partial charge >= 0.3 is 5.97 Å². The molecule has 0 amide bonds. The van der Waals surface area contributed by atoms with Crippen molar-refractivity contribution >= 4 is 17.3 Å². The molecule has 0 bridgehead atoms. The maximum atomic E-state index is 11.6. The van der Waals surface area contributed by atoms with Crippen molar-refractivity contribution < 1.29 is 9.53 Å². The number of benzene rings is 1. The Kier molecular flexibility index (Phi) is 4.68. The molecule has 0 saturated carbocycles. The van der Waals surface area contributed by atoms with Gasteiger partial charge in [-0.05, 0) is 25.0 Å². The third-order valence-corrected chi connectivity index (χ3v) is 3.59. The van der Waals surface area contributed by atoms with Gasteiger partial charge < -0.3 is 4.74 Å². The fourth-order valence-electron chi connectivity index (χ4n) is 1.85. The molecular weight excluding hydrogens is 258 g/mol. The molecule has 100 valence electrons. The standard InChI is InChI=1S/C15H17NO2S/c1-3-6-11-7-5-8-12(9-11)14-16-13(10-19-14)15(17)18-4-2/h5,7-10H,3-4,6H2,1-2H3. The zero-order valence-electron chi connectivity index (χ0n) is 11.2. The van der Waals surface area contributed by atoms with Crippen LogP contribution >= 0.6 is 11.3 Å². The minimum Gasteiger partial charge on any atom is -0.461 e. The van der Waals surface area contributed by atoms with Gasteiger partial charge in [0.1, 0.15) is 5.01 Å². The predicted octanol–water partition coefficient (Wildman–Crippen LogP) is 3.94. The largest absolute Gasteiger partial charge is 0.461 e. The van der Waals surface area contributed by atoms with Crippen LogP contribution in [-0.2, 0) is 11.2 Å². The van der Waals surface area contributed by atoms with E-state index in [4.69, 9.17) is 4.74 Å². The van der Waals surface area contributed by atoms with Gasteiger partial charge in [-0.1, -0.05) is 31.5 Å². The Morgan fingerprint density at radius 2 is 2.21 bits per heavy atom. The number of aryl methyl sites for hydroxylation is 1. The van der Waals surface area contributed by atoms with Crippen LogP contribution in [0.25, 0.3) is 10.6 Å². The molecule has 19 heavy (non-hydrogen) atoms. The molecular formula is C15H17NO2S. The fourth-order valence-corrected chi connectivity index (χ4v) is 2.64. The average Bonchev–Trinajstić information content (AvgIpc) is 2.89. The maximum absolute atomic E-state index is 11.6. The highest BCUT2D eigenvalue weighted by molar-refractivity contribution is 7.13. The first-order valence-electron chi connectivity index (χ1n) is 6.46. The van der Waals surface area contributed by atoms with Gasteiger partial charge in [0.2, 0.25) is 0 Å². The van der Waals surface area contributed by atoms with Gasteiger partial charge in [0, 0.05) is 10.9 Å². The summed E-state index contributed by atoms with van der Waals surface area (Å²) in [6, 6.07) is 8.31. The number of hydrogen-bond acceptors (Lipinski definition) is 4. The van der Waals surface area contributed by atoms with E-state index in [1.54, 1.807) is 12.3 Å². The Balaban J connectivity index is 2.22.